The second kappa shape index (κ2) is 7.23. The van der Waals surface area contributed by atoms with Crippen LogP contribution in [-0.2, 0) is 9.59 Å². The van der Waals surface area contributed by atoms with E-state index in [2.05, 4.69) is 15.9 Å². The summed E-state index contributed by atoms with van der Waals surface area (Å²) in [6, 6.07) is 7.62. The minimum atomic E-state index is -0.573. The van der Waals surface area contributed by atoms with Gasteiger partial charge in [0.25, 0.3) is 0 Å². The van der Waals surface area contributed by atoms with Gasteiger partial charge in [-0.05, 0) is 60.7 Å². The summed E-state index contributed by atoms with van der Waals surface area (Å²) in [5, 5.41) is 0. The van der Waals surface area contributed by atoms with E-state index in [0.717, 1.165) is 29.4 Å². The summed E-state index contributed by atoms with van der Waals surface area (Å²) in [5.74, 6) is -0.714. The molecule has 6 heteroatoms. The molecule has 2 aliphatic heterocycles. The van der Waals surface area contributed by atoms with Crippen LogP contribution in [0.15, 0.2) is 28.7 Å². The molecule has 2 aliphatic rings. The van der Waals surface area contributed by atoms with E-state index in [1.165, 1.54) is 0 Å². The lowest BCUT2D eigenvalue weighted by atomic mass is 9.94. The molecule has 2 N–H and O–H groups in total. The number of carbonyl (C=O) groups is 2. The summed E-state index contributed by atoms with van der Waals surface area (Å²) in [6.45, 7) is 3.23. The number of hydrogen-bond donors (Lipinski definition) is 1. The maximum atomic E-state index is 13.0. The van der Waals surface area contributed by atoms with E-state index < -0.39 is 5.92 Å². The Bertz CT molecular complexity index is 634. The van der Waals surface area contributed by atoms with E-state index in [9.17, 15) is 9.59 Å². The first-order valence-corrected chi connectivity index (χ1v) is 9.42. The number of halogens is 1. The number of piperidine rings is 1. The number of carbonyl (C=O) groups excluding carboxylic acids is 2. The third-order valence-electron chi connectivity index (χ3n) is 5.09. The first-order chi connectivity index (χ1) is 11.5. The maximum absolute atomic E-state index is 13.0. The quantitative estimate of drug-likeness (QED) is 0.802. The summed E-state index contributed by atoms with van der Waals surface area (Å²) in [5.41, 5.74) is 6.90. The van der Waals surface area contributed by atoms with Gasteiger partial charge in [-0.2, -0.15) is 0 Å². The molecule has 0 aromatic heterocycles. The van der Waals surface area contributed by atoms with Crippen molar-refractivity contribution in [2.45, 2.75) is 44.7 Å². The van der Waals surface area contributed by atoms with Crippen LogP contribution in [-0.4, -0.2) is 41.9 Å². The van der Waals surface area contributed by atoms with Crippen LogP contribution in [0.3, 0.4) is 0 Å². The molecule has 1 aromatic rings. The summed E-state index contributed by atoms with van der Waals surface area (Å²) in [6.07, 6.45) is 3.58. The van der Waals surface area contributed by atoms with Crippen molar-refractivity contribution in [2.24, 2.45) is 11.7 Å². The second-order valence-corrected chi connectivity index (χ2v) is 7.59. The van der Waals surface area contributed by atoms with Crippen LogP contribution in [0, 0.1) is 5.92 Å². The van der Waals surface area contributed by atoms with Gasteiger partial charge in [0.05, 0.1) is 5.69 Å². The first kappa shape index (κ1) is 17.4. The fraction of sp³-hybridized carbons (Fsp3) is 0.556. The van der Waals surface area contributed by atoms with Crippen LogP contribution in [0.25, 0.3) is 0 Å². The van der Waals surface area contributed by atoms with Crippen LogP contribution in [0.1, 0.15) is 32.6 Å². The van der Waals surface area contributed by atoms with Crippen LogP contribution in [0.2, 0.25) is 0 Å². The lowest BCUT2D eigenvalue weighted by Gasteiger charge is -2.39. The van der Waals surface area contributed by atoms with Gasteiger partial charge in [-0.3, -0.25) is 9.59 Å². The van der Waals surface area contributed by atoms with Crippen molar-refractivity contribution in [3.8, 4) is 0 Å². The average molecular weight is 394 g/mol. The van der Waals surface area contributed by atoms with Crippen molar-refractivity contribution in [1.82, 2.24) is 4.90 Å². The number of likely N-dealkylation sites (tertiary alicyclic amines) is 1. The van der Waals surface area contributed by atoms with Crippen LogP contribution >= 0.6 is 15.9 Å². The fourth-order valence-corrected chi connectivity index (χ4v) is 4.30. The highest BCUT2D eigenvalue weighted by atomic mass is 79.9. The Hall–Kier alpha value is -1.40. The topological polar surface area (TPSA) is 66.6 Å². The van der Waals surface area contributed by atoms with Gasteiger partial charge in [0.2, 0.25) is 11.8 Å². The summed E-state index contributed by atoms with van der Waals surface area (Å²) in [4.78, 5) is 29.4. The zero-order valence-corrected chi connectivity index (χ0v) is 15.5. The van der Waals surface area contributed by atoms with Crippen molar-refractivity contribution >= 4 is 33.4 Å². The lowest BCUT2D eigenvalue weighted by Crippen LogP contribution is -2.54. The van der Waals surface area contributed by atoms with Gasteiger partial charge in [0, 0.05) is 29.6 Å². The van der Waals surface area contributed by atoms with E-state index in [-0.39, 0.29) is 23.9 Å². The normalized spacial score (nSPS) is 25.9. The number of rotatable bonds is 3. The smallest absolute Gasteiger partial charge is 0.239 e. The molecule has 0 aliphatic carbocycles. The molecule has 3 atom stereocenters. The van der Waals surface area contributed by atoms with Gasteiger partial charge in [0.15, 0.2) is 0 Å². The first-order valence-electron chi connectivity index (χ1n) is 8.62. The molecule has 0 spiro atoms. The highest BCUT2D eigenvalue weighted by Crippen LogP contribution is 2.33. The molecule has 2 saturated heterocycles. The van der Waals surface area contributed by atoms with E-state index in [4.69, 9.17) is 5.73 Å². The molecule has 2 fully saturated rings. The molecule has 0 bridgehead atoms. The summed E-state index contributed by atoms with van der Waals surface area (Å²) >= 11 is 3.49. The second-order valence-electron chi connectivity index (χ2n) is 6.74. The largest absolute Gasteiger partial charge is 0.337 e. The molecule has 2 heterocycles. The third-order valence-corrected chi connectivity index (χ3v) is 5.76. The van der Waals surface area contributed by atoms with Gasteiger partial charge in [0.1, 0.15) is 5.92 Å². The van der Waals surface area contributed by atoms with Crippen LogP contribution in [0.4, 0.5) is 5.69 Å². The standard InChI is InChI=1S/C18H24BrN3O2/c1-12(20)15-7-4-5-10-21(15)17(23)13-9-11-22(18(13)24)16-8-3-2-6-14(16)19/h2-3,6,8,12-13,15H,4-5,7,9-11,20H2,1H3. The monoisotopic (exact) mass is 393 g/mol. The maximum Gasteiger partial charge on any atom is 0.239 e. The number of nitrogens with zero attached hydrogens (tertiary/aromatic N) is 2. The minimum absolute atomic E-state index is 0.0449. The molecule has 3 rings (SSSR count). The molecule has 1 aromatic carbocycles. The Morgan fingerprint density at radius 3 is 2.71 bits per heavy atom. The van der Waals surface area contributed by atoms with Crippen molar-refractivity contribution in [1.29, 1.82) is 0 Å². The number of benzene rings is 1. The van der Waals surface area contributed by atoms with E-state index >= 15 is 0 Å². The number of hydrogen-bond acceptors (Lipinski definition) is 3. The molecule has 2 amide bonds. The summed E-state index contributed by atoms with van der Waals surface area (Å²) in [7, 11) is 0. The van der Waals surface area contributed by atoms with Crippen LogP contribution < -0.4 is 10.6 Å². The molecule has 5 nitrogen and oxygen atoms in total. The Labute approximate surface area is 151 Å². The number of anilines is 1. The summed E-state index contributed by atoms with van der Waals surface area (Å²) < 4.78 is 0.873. The molecule has 24 heavy (non-hydrogen) atoms. The van der Waals surface area contributed by atoms with Gasteiger partial charge < -0.3 is 15.5 Å². The molecule has 130 valence electrons. The molecular formula is C18H24BrN3O2. The predicted octanol–water partition coefficient (Wildman–Crippen LogP) is 2.53. The van der Waals surface area contributed by atoms with E-state index in [0.29, 0.717) is 19.5 Å². The molecular weight excluding hydrogens is 370 g/mol. The SMILES string of the molecule is CC(N)C1CCCCN1C(=O)C1CCN(c2ccccc2Br)C1=O. The van der Waals surface area contributed by atoms with E-state index in [1.807, 2.05) is 36.1 Å². The zero-order chi connectivity index (χ0) is 17.3. The van der Waals surface area contributed by atoms with Crippen molar-refractivity contribution in [2.75, 3.05) is 18.0 Å². The fourth-order valence-electron chi connectivity index (χ4n) is 3.80. The van der Waals surface area contributed by atoms with Crippen LogP contribution in [0.5, 0.6) is 0 Å². The Kier molecular flexibility index (Phi) is 5.25. The molecule has 0 radical (unpaired) electrons. The Morgan fingerprint density at radius 1 is 1.25 bits per heavy atom. The van der Waals surface area contributed by atoms with Gasteiger partial charge >= 0.3 is 0 Å². The number of amides is 2. The number of para-hydroxylation sites is 1. The van der Waals surface area contributed by atoms with Gasteiger partial charge in [-0.15, -0.1) is 0 Å². The van der Waals surface area contributed by atoms with Crippen molar-refractivity contribution in [3.63, 3.8) is 0 Å². The molecule has 3 unspecified atom stereocenters. The zero-order valence-electron chi connectivity index (χ0n) is 14.0. The molecule has 0 saturated carbocycles. The number of nitrogens with two attached hydrogens (primary N) is 1. The highest BCUT2D eigenvalue weighted by Gasteiger charge is 2.42. The Morgan fingerprint density at radius 2 is 2.00 bits per heavy atom. The highest BCUT2D eigenvalue weighted by molar-refractivity contribution is 9.10. The van der Waals surface area contributed by atoms with Gasteiger partial charge in [-0.25, -0.2) is 0 Å². The average Bonchev–Trinajstić information content (AvgIpc) is 2.96. The Balaban J connectivity index is 1.77. The van der Waals surface area contributed by atoms with E-state index in [1.54, 1.807) is 4.90 Å². The van der Waals surface area contributed by atoms with Gasteiger partial charge in [-0.1, -0.05) is 12.1 Å². The van der Waals surface area contributed by atoms with Crippen molar-refractivity contribution < 1.29 is 9.59 Å². The van der Waals surface area contributed by atoms with Crippen molar-refractivity contribution in [3.05, 3.63) is 28.7 Å². The lowest BCUT2D eigenvalue weighted by molar-refractivity contribution is -0.143. The predicted molar refractivity (Wildman–Crippen MR) is 97.6 cm³/mol. The third kappa shape index (κ3) is 3.22. The minimum Gasteiger partial charge on any atom is -0.337 e.